The van der Waals surface area contributed by atoms with Crippen molar-refractivity contribution in [1.29, 1.82) is 0 Å². The highest BCUT2D eigenvalue weighted by molar-refractivity contribution is 7.14. The number of rotatable bonds is 12. The summed E-state index contributed by atoms with van der Waals surface area (Å²) in [5.41, 5.74) is 8.41. The zero-order chi connectivity index (χ0) is 30.9. The van der Waals surface area contributed by atoms with Gasteiger partial charge in [0, 0.05) is 34.3 Å². The molecule has 0 aliphatic heterocycles. The number of benzene rings is 4. The van der Waals surface area contributed by atoms with Gasteiger partial charge in [0.25, 0.3) is 11.6 Å². The van der Waals surface area contributed by atoms with Crippen LogP contribution in [-0.2, 0) is 6.61 Å². The number of aromatic nitrogens is 1. The smallest absolute Gasteiger partial charge is 0.271 e. The maximum Gasteiger partial charge on any atom is 0.271 e. The standard InChI is InChI=1S/C33H29N5O5S/c1-3-42-31-18-24(8-17-30(31)43-20-23-6-15-28(16-7-23)38(40)41)19-34-37-32(39)26-11-9-25(10-12-26)29-21-44-33(36-29)35-27-13-4-22(2)5-14-27/h4-19,21H,3,20H2,1-2H3,(H,35,36)(H,37,39)/b34-19-. The molecule has 1 heterocycles. The van der Waals surface area contributed by atoms with Gasteiger partial charge in [0.2, 0.25) is 0 Å². The van der Waals surface area contributed by atoms with Gasteiger partial charge >= 0.3 is 0 Å². The minimum Gasteiger partial charge on any atom is -0.490 e. The fourth-order valence-electron chi connectivity index (χ4n) is 4.11. The minimum absolute atomic E-state index is 0.0215. The summed E-state index contributed by atoms with van der Waals surface area (Å²) < 4.78 is 11.6. The Hall–Kier alpha value is -5.55. The first-order valence-electron chi connectivity index (χ1n) is 13.7. The number of hydrazone groups is 1. The molecule has 0 aliphatic rings. The lowest BCUT2D eigenvalue weighted by Crippen LogP contribution is -2.17. The van der Waals surface area contributed by atoms with Crippen LogP contribution in [0.15, 0.2) is 101 Å². The molecule has 0 bridgehead atoms. The van der Waals surface area contributed by atoms with Gasteiger partial charge in [-0.25, -0.2) is 10.4 Å². The first kappa shape index (κ1) is 29.9. The summed E-state index contributed by atoms with van der Waals surface area (Å²) in [6.07, 6.45) is 1.52. The lowest BCUT2D eigenvalue weighted by atomic mass is 10.1. The lowest BCUT2D eigenvalue weighted by Gasteiger charge is -2.12. The molecule has 4 aromatic carbocycles. The molecular formula is C33H29N5O5S. The molecule has 0 unspecified atom stereocenters. The number of amides is 1. The highest BCUT2D eigenvalue weighted by Crippen LogP contribution is 2.30. The van der Waals surface area contributed by atoms with Gasteiger partial charge in [0.05, 0.1) is 23.4 Å². The maximum absolute atomic E-state index is 12.7. The molecule has 2 N–H and O–H groups in total. The molecule has 0 saturated carbocycles. The highest BCUT2D eigenvalue weighted by Gasteiger charge is 2.10. The molecule has 5 aromatic rings. The monoisotopic (exact) mass is 607 g/mol. The van der Waals surface area contributed by atoms with Crippen LogP contribution in [0.1, 0.15) is 34.0 Å². The van der Waals surface area contributed by atoms with Crippen molar-refractivity contribution in [1.82, 2.24) is 10.4 Å². The van der Waals surface area contributed by atoms with E-state index >= 15 is 0 Å². The van der Waals surface area contributed by atoms with Gasteiger partial charge in [-0.15, -0.1) is 11.3 Å². The third kappa shape index (κ3) is 7.84. The largest absolute Gasteiger partial charge is 0.490 e. The number of nitro groups is 1. The number of nitro benzene ring substituents is 1. The number of nitrogens with zero attached hydrogens (tertiary/aromatic N) is 3. The second-order valence-electron chi connectivity index (χ2n) is 9.66. The van der Waals surface area contributed by atoms with E-state index in [2.05, 4.69) is 20.8 Å². The van der Waals surface area contributed by atoms with Crippen LogP contribution in [0.3, 0.4) is 0 Å². The molecule has 0 aliphatic carbocycles. The Bertz CT molecular complexity index is 1770. The molecule has 0 fully saturated rings. The van der Waals surface area contributed by atoms with E-state index in [0.717, 1.165) is 27.6 Å². The summed E-state index contributed by atoms with van der Waals surface area (Å²) in [7, 11) is 0. The van der Waals surface area contributed by atoms with Crippen LogP contribution in [-0.4, -0.2) is 28.6 Å². The van der Waals surface area contributed by atoms with E-state index in [-0.39, 0.29) is 18.2 Å². The van der Waals surface area contributed by atoms with E-state index in [9.17, 15) is 14.9 Å². The molecule has 0 saturated heterocycles. The average Bonchev–Trinajstić information content (AvgIpc) is 3.50. The van der Waals surface area contributed by atoms with E-state index < -0.39 is 4.92 Å². The molecule has 11 heteroatoms. The Labute approximate surface area is 258 Å². The van der Waals surface area contributed by atoms with Gasteiger partial charge in [0.1, 0.15) is 6.61 Å². The summed E-state index contributed by atoms with van der Waals surface area (Å²) in [6, 6.07) is 26.8. The zero-order valence-electron chi connectivity index (χ0n) is 24.0. The maximum atomic E-state index is 12.7. The SMILES string of the molecule is CCOc1cc(/C=N\NC(=O)c2ccc(-c3csc(Nc4ccc(C)cc4)n3)cc2)ccc1OCc1ccc([N+](=O)[O-])cc1. The Morgan fingerprint density at radius 2 is 1.73 bits per heavy atom. The van der Waals surface area contributed by atoms with E-state index in [0.29, 0.717) is 29.2 Å². The van der Waals surface area contributed by atoms with Crippen molar-refractivity contribution >= 4 is 40.0 Å². The normalized spacial score (nSPS) is 10.9. The number of anilines is 2. The van der Waals surface area contributed by atoms with E-state index in [1.807, 2.05) is 55.6 Å². The number of carbonyl (C=O) groups is 1. The van der Waals surface area contributed by atoms with Crippen molar-refractivity contribution in [2.45, 2.75) is 20.5 Å². The number of nitrogens with one attached hydrogen (secondary N) is 2. The number of carbonyl (C=O) groups excluding carboxylic acids is 1. The van der Waals surface area contributed by atoms with Crippen LogP contribution >= 0.6 is 11.3 Å². The first-order valence-corrected chi connectivity index (χ1v) is 14.6. The van der Waals surface area contributed by atoms with Crippen LogP contribution in [0.25, 0.3) is 11.3 Å². The third-order valence-corrected chi connectivity index (χ3v) is 7.20. The fourth-order valence-corrected chi connectivity index (χ4v) is 4.85. The summed E-state index contributed by atoms with van der Waals surface area (Å²) in [5.74, 6) is 0.685. The van der Waals surface area contributed by atoms with Crippen molar-refractivity contribution in [3.05, 3.63) is 129 Å². The number of aryl methyl sites for hydroxylation is 1. The Kier molecular flexibility index (Phi) is 9.57. The zero-order valence-corrected chi connectivity index (χ0v) is 24.8. The topological polar surface area (TPSA) is 128 Å². The summed E-state index contributed by atoms with van der Waals surface area (Å²) in [5, 5.41) is 21.0. The van der Waals surface area contributed by atoms with Crippen molar-refractivity contribution in [2.24, 2.45) is 5.10 Å². The number of thiazole rings is 1. The molecule has 0 spiro atoms. The Morgan fingerprint density at radius 3 is 2.43 bits per heavy atom. The molecule has 44 heavy (non-hydrogen) atoms. The van der Waals surface area contributed by atoms with Gasteiger partial charge in [-0.2, -0.15) is 5.10 Å². The van der Waals surface area contributed by atoms with Gasteiger partial charge in [0.15, 0.2) is 16.6 Å². The second-order valence-corrected chi connectivity index (χ2v) is 10.5. The second kappa shape index (κ2) is 14.1. The number of hydrogen-bond acceptors (Lipinski definition) is 9. The number of ether oxygens (including phenoxy) is 2. The van der Waals surface area contributed by atoms with Crippen LogP contribution in [0.5, 0.6) is 11.5 Å². The molecule has 222 valence electrons. The number of non-ortho nitro benzene ring substituents is 1. The van der Waals surface area contributed by atoms with Crippen LogP contribution in [0, 0.1) is 17.0 Å². The summed E-state index contributed by atoms with van der Waals surface area (Å²) >= 11 is 1.51. The minimum atomic E-state index is -0.443. The predicted octanol–water partition coefficient (Wildman–Crippen LogP) is 7.51. The molecule has 0 radical (unpaired) electrons. The van der Waals surface area contributed by atoms with Gasteiger partial charge in [-0.1, -0.05) is 29.8 Å². The van der Waals surface area contributed by atoms with Crippen molar-refractivity contribution in [3.8, 4) is 22.8 Å². The number of hydrogen-bond donors (Lipinski definition) is 2. The molecule has 1 amide bonds. The quantitative estimate of drug-likeness (QED) is 0.0853. The average molecular weight is 608 g/mol. The van der Waals surface area contributed by atoms with E-state index in [1.165, 1.54) is 35.2 Å². The molecule has 5 rings (SSSR count). The summed E-state index contributed by atoms with van der Waals surface area (Å²) in [4.78, 5) is 27.8. The fraction of sp³-hybridized carbons (Fsp3) is 0.121. The predicted molar refractivity (Wildman–Crippen MR) is 172 cm³/mol. The first-order chi connectivity index (χ1) is 21.4. The molecule has 0 atom stereocenters. The molecule has 1 aromatic heterocycles. The van der Waals surface area contributed by atoms with Gasteiger partial charge < -0.3 is 14.8 Å². The van der Waals surface area contributed by atoms with Crippen LogP contribution < -0.4 is 20.2 Å². The molecule has 10 nitrogen and oxygen atoms in total. The lowest BCUT2D eigenvalue weighted by molar-refractivity contribution is -0.384. The van der Waals surface area contributed by atoms with Crippen molar-refractivity contribution in [2.75, 3.05) is 11.9 Å². The molecular weight excluding hydrogens is 578 g/mol. The van der Waals surface area contributed by atoms with Crippen LogP contribution in [0.2, 0.25) is 0 Å². The Balaban J connectivity index is 1.16. The van der Waals surface area contributed by atoms with Crippen molar-refractivity contribution < 1.29 is 19.2 Å². The summed E-state index contributed by atoms with van der Waals surface area (Å²) in [6.45, 7) is 4.55. The van der Waals surface area contributed by atoms with E-state index in [4.69, 9.17) is 9.47 Å². The third-order valence-electron chi connectivity index (χ3n) is 6.44. The van der Waals surface area contributed by atoms with Crippen molar-refractivity contribution in [3.63, 3.8) is 0 Å². The highest BCUT2D eigenvalue weighted by atomic mass is 32.1. The van der Waals surface area contributed by atoms with Gasteiger partial charge in [-0.3, -0.25) is 14.9 Å². The Morgan fingerprint density at radius 1 is 0.977 bits per heavy atom. The van der Waals surface area contributed by atoms with Crippen LogP contribution in [0.4, 0.5) is 16.5 Å². The van der Waals surface area contributed by atoms with Gasteiger partial charge in [-0.05, 0) is 79.6 Å². The van der Waals surface area contributed by atoms with E-state index in [1.54, 1.807) is 42.5 Å².